The molecule has 1 aliphatic rings. The lowest BCUT2D eigenvalue weighted by atomic mass is 9.96. The van der Waals surface area contributed by atoms with Crippen molar-refractivity contribution in [3.05, 3.63) is 30.3 Å². The fourth-order valence-corrected chi connectivity index (χ4v) is 2.72. The molecule has 1 saturated heterocycles. The van der Waals surface area contributed by atoms with Gasteiger partial charge in [-0.25, -0.2) is 0 Å². The Bertz CT molecular complexity index is 513. The molecule has 1 heterocycles. The monoisotopic (exact) mass is 334 g/mol. The zero-order valence-corrected chi connectivity index (χ0v) is 14.2. The molecule has 1 aromatic rings. The van der Waals surface area contributed by atoms with Crippen LogP contribution in [0.2, 0.25) is 0 Å². The van der Waals surface area contributed by atoms with E-state index in [1.165, 1.54) is 0 Å². The van der Waals surface area contributed by atoms with Crippen molar-refractivity contribution in [1.82, 2.24) is 10.2 Å². The maximum Gasteiger partial charge on any atom is 0.260 e. The number of nitrogens with zero attached hydrogens (tertiary/aromatic N) is 1. The highest BCUT2D eigenvalue weighted by atomic mass is 16.5. The number of carbonyl (C=O) groups excluding carboxylic acids is 2. The Morgan fingerprint density at radius 1 is 1.21 bits per heavy atom. The molecule has 2 amide bonds. The summed E-state index contributed by atoms with van der Waals surface area (Å²) in [4.78, 5) is 26.0. The molecule has 1 N–H and O–H groups in total. The molecule has 0 atom stereocenters. The largest absolute Gasteiger partial charge is 0.484 e. The standard InChI is InChI=1S/C18H26N2O4/c1-23-13-5-10-19-18(22)15-8-11-20(12-9-15)17(21)14-24-16-6-3-2-4-7-16/h2-4,6-7,15H,5,8-14H2,1H3,(H,19,22). The Kier molecular flexibility index (Phi) is 7.55. The third-order valence-electron chi connectivity index (χ3n) is 4.15. The molecule has 0 unspecified atom stereocenters. The van der Waals surface area contributed by atoms with Crippen LogP contribution in [0.1, 0.15) is 19.3 Å². The Morgan fingerprint density at radius 3 is 2.58 bits per heavy atom. The molecule has 0 spiro atoms. The van der Waals surface area contributed by atoms with Gasteiger partial charge in [0.05, 0.1) is 0 Å². The Morgan fingerprint density at radius 2 is 1.92 bits per heavy atom. The number of rotatable bonds is 8. The summed E-state index contributed by atoms with van der Waals surface area (Å²) >= 11 is 0. The van der Waals surface area contributed by atoms with Gasteiger partial charge in [0.2, 0.25) is 5.91 Å². The number of benzene rings is 1. The van der Waals surface area contributed by atoms with Crippen LogP contribution >= 0.6 is 0 Å². The van der Waals surface area contributed by atoms with Crippen LogP contribution in [0.25, 0.3) is 0 Å². The lowest BCUT2D eigenvalue weighted by molar-refractivity contribution is -0.137. The molecular weight excluding hydrogens is 308 g/mol. The van der Waals surface area contributed by atoms with Crippen molar-refractivity contribution in [1.29, 1.82) is 0 Å². The van der Waals surface area contributed by atoms with E-state index in [1.54, 1.807) is 12.0 Å². The van der Waals surface area contributed by atoms with Gasteiger partial charge in [0, 0.05) is 39.3 Å². The van der Waals surface area contributed by atoms with Crippen molar-refractivity contribution >= 4 is 11.8 Å². The maximum atomic E-state index is 12.2. The Balaban J connectivity index is 1.66. The van der Waals surface area contributed by atoms with Gasteiger partial charge in [-0.1, -0.05) is 18.2 Å². The molecule has 6 heteroatoms. The van der Waals surface area contributed by atoms with Crippen LogP contribution in [0.15, 0.2) is 30.3 Å². The first-order valence-electron chi connectivity index (χ1n) is 8.43. The zero-order chi connectivity index (χ0) is 17.2. The van der Waals surface area contributed by atoms with E-state index in [0.717, 1.165) is 6.42 Å². The number of ether oxygens (including phenoxy) is 2. The highest BCUT2D eigenvalue weighted by Gasteiger charge is 2.27. The molecule has 0 saturated carbocycles. The van der Waals surface area contributed by atoms with Gasteiger partial charge in [0.25, 0.3) is 5.91 Å². The predicted molar refractivity (Wildman–Crippen MR) is 90.7 cm³/mol. The molecule has 1 aromatic carbocycles. The van der Waals surface area contributed by atoms with Gasteiger partial charge >= 0.3 is 0 Å². The number of hydrogen-bond acceptors (Lipinski definition) is 4. The molecule has 0 aromatic heterocycles. The van der Waals surface area contributed by atoms with Gasteiger partial charge in [-0.2, -0.15) is 0 Å². The molecule has 24 heavy (non-hydrogen) atoms. The molecule has 1 fully saturated rings. The van der Waals surface area contributed by atoms with Crippen LogP contribution in [0.5, 0.6) is 5.75 Å². The van der Waals surface area contributed by atoms with Gasteiger partial charge < -0.3 is 19.7 Å². The van der Waals surface area contributed by atoms with E-state index in [0.29, 0.717) is 44.8 Å². The van der Waals surface area contributed by atoms with Gasteiger partial charge in [-0.05, 0) is 31.4 Å². The number of amides is 2. The van der Waals surface area contributed by atoms with Crippen LogP contribution < -0.4 is 10.1 Å². The number of likely N-dealkylation sites (tertiary alicyclic amines) is 1. The number of nitrogens with one attached hydrogen (secondary N) is 1. The first-order valence-corrected chi connectivity index (χ1v) is 8.43. The highest BCUT2D eigenvalue weighted by molar-refractivity contribution is 5.80. The number of para-hydroxylation sites is 1. The molecule has 132 valence electrons. The van der Waals surface area contributed by atoms with Crippen molar-refractivity contribution in [2.75, 3.05) is 40.0 Å². The van der Waals surface area contributed by atoms with Crippen LogP contribution in [0, 0.1) is 5.92 Å². The van der Waals surface area contributed by atoms with Crippen LogP contribution in [-0.4, -0.2) is 56.7 Å². The first kappa shape index (κ1) is 18.3. The van der Waals surface area contributed by atoms with Crippen LogP contribution in [0.3, 0.4) is 0 Å². The number of hydrogen-bond donors (Lipinski definition) is 1. The summed E-state index contributed by atoms with van der Waals surface area (Å²) in [6, 6.07) is 9.30. The summed E-state index contributed by atoms with van der Waals surface area (Å²) in [5.41, 5.74) is 0. The van der Waals surface area contributed by atoms with E-state index in [1.807, 2.05) is 30.3 Å². The second-order valence-corrected chi connectivity index (χ2v) is 5.89. The summed E-state index contributed by atoms with van der Waals surface area (Å²) in [5.74, 6) is 0.736. The lowest BCUT2D eigenvalue weighted by Crippen LogP contribution is -2.44. The van der Waals surface area contributed by atoms with E-state index in [9.17, 15) is 9.59 Å². The maximum absolute atomic E-state index is 12.2. The van der Waals surface area contributed by atoms with E-state index in [4.69, 9.17) is 9.47 Å². The SMILES string of the molecule is COCCCNC(=O)C1CCN(C(=O)COc2ccccc2)CC1. The molecule has 2 rings (SSSR count). The number of carbonyl (C=O) groups is 2. The van der Waals surface area contributed by atoms with Crippen molar-refractivity contribution in [2.24, 2.45) is 5.92 Å². The van der Waals surface area contributed by atoms with E-state index in [2.05, 4.69) is 5.32 Å². The molecule has 0 bridgehead atoms. The number of methoxy groups -OCH3 is 1. The summed E-state index contributed by atoms with van der Waals surface area (Å²) in [6.45, 7) is 2.53. The number of piperidine rings is 1. The van der Waals surface area contributed by atoms with Gasteiger partial charge in [-0.3, -0.25) is 9.59 Å². The highest BCUT2D eigenvalue weighted by Crippen LogP contribution is 2.18. The molecule has 0 aliphatic carbocycles. The first-order chi connectivity index (χ1) is 11.7. The molecule has 6 nitrogen and oxygen atoms in total. The summed E-state index contributed by atoms with van der Waals surface area (Å²) < 4.78 is 10.4. The van der Waals surface area contributed by atoms with Crippen molar-refractivity contribution in [3.8, 4) is 5.75 Å². The molecule has 0 radical (unpaired) electrons. The second kappa shape index (κ2) is 9.93. The van der Waals surface area contributed by atoms with Gasteiger partial charge in [0.1, 0.15) is 5.75 Å². The average Bonchev–Trinajstić information content (AvgIpc) is 2.64. The fourth-order valence-electron chi connectivity index (χ4n) is 2.72. The zero-order valence-electron chi connectivity index (χ0n) is 14.2. The van der Waals surface area contributed by atoms with Crippen LogP contribution in [-0.2, 0) is 14.3 Å². The third-order valence-corrected chi connectivity index (χ3v) is 4.15. The minimum Gasteiger partial charge on any atom is -0.484 e. The average molecular weight is 334 g/mol. The summed E-state index contributed by atoms with van der Waals surface area (Å²) in [6.07, 6.45) is 2.22. The predicted octanol–water partition coefficient (Wildman–Crippen LogP) is 1.46. The third kappa shape index (κ3) is 5.85. The molecule has 1 aliphatic heterocycles. The quantitative estimate of drug-likeness (QED) is 0.731. The van der Waals surface area contributed by atoms with Crippen molar-refractivity contribution < 1.29 is 19.1 Å². The van der Waals surface area contributed by atoms with E-state index < -0.39 is 0 Å². The minimum absolute atomic E-state index is 0.00774. The minimum atomic E-state index is -0.0298. The topological polar surface area (TPSA) is 67.9 Å². The summed E-state index contributed by atoms with van der Waals surface area (Å²) in [7, 11) is 1.65. The normalized spacial score (nSPS) is 15.1. The Hall–Kier alpha value is -2.08. The lowest BCUT2D eigenvalue weighted by Gasteiger charge is -2.31. The smallest absolute Gasteiger partial charge is 0.260 e. The van der Waals surface area contributed by atoms with Gasteiger partial charge in [-0.15, -0.1) is 0 Å². The van der Waals surface area contributed by atoms with E-state index >= 15 is 0 Å². The Labute approximate surface area is 143 Å². The summed E-state index contributed by atoms with van der Waals surface area (Å²) in [5, 5.41) is 2.93. The fraction of sp³-hybridized carbons (Fsp3) is 0.556. The second-order valence-electron chi connectivity index (χ2n) is 5.89. The molecular formula is C18H26N2O4. The van der Waals surface area contributed by atoms with Crippen molar-refractivity contribution in [3.63, 3.8) is 0 Å². The van der Waals surface area contributed by atoms with Gasteiger partial charge in [0.15, 0.2) is 6.61 Å². The van der Waals surface area contributed by atoms with Crippen molar-refractivity contribution in [2.45, 2.75) is 19.3 Å². The van der Waals surface area contributed by atoms with E-state index in [-0.39, 0.29) is 24.3 Å². The van der Waals surface area contributed by atoms with Crippen LogP contribution in [0.4, 0.5) is 0 Å².